The van der Waals surface area contributed by atoms with Crippen LogP contribution in [0.3, 0.4) is 0 Å². The minimum atomic E-state index is -0.775. The van der Waals surface area contributed by atoms with Crippen molar-refractivity contribution in [2.24, 2.45) is 0 Å². The van der Waals surface area contributed by atoms with E-state index in [0.717, 1.165) is 39.9 Å². The molecule has 0 bridgehead atoms. The van der Waals surface area contributed by atoms with Crippen molar-refractivity contribution in [1.82, 2.24) is 25.4 Å². The Kier molecular flexibility index (Phi) is 4.48. The first-order valence-electron chi connectivity index (χ1n) is 8.55. The zero-order valence-electron chi connectivity index (χ0n) is 14.6. The van der Waals surface area contributed by atoms with Gasteiger partial charge in [0.1, 0.15) is 17.8 Å². The zero-order chi connectivity index (χ0) is 19.1. The second-order valence-electron chi connectivity index (χ2n) is 6.59. The van der Waals surface area contributed by atoms with E-state index in [-0.39, 0.29) is 17.5 Å². The van der Waals surface area contributed by atoms with Crippen molar-refractivity contribution in [3.05, 3.63) is 41.9 Å². The van der Waals surface area contributed by atoms with Gasteiger partial charge in [0.15, 0.2) is 0 Å². The van der Waals surface area contributed by atoms with Crippen molar-refractivity contribution in [2.75, 3.05) is 11.6 Å². The van der Waals surface area contributed by atoms with Gasteiger partial charge in [0, 0.05) is 41.2 Å². The summed E-state index contributed by atoms with van der Waals surface area (Å²) in [5, 5.41) is 4.19. The quantitative estimate of drug-likeness (QED) is 0.313. The lowest BCUT2D eigenvalue weighted by atomic mass is 9.93. The molecule has 1 aliphatic heterocycles. The molecule has 1 aromatic carbocycles. The van der Waals surface area contributed by atoms with Gasteiger partial charge >= 0.3 is 0 Å². The lowest BCUT2D eigenvalue weighted by molar-refractivity contribution is 0.0859. The molecule has 27 heavy (non-hydrogen) atoms. The average Bonchev–Trinajstić information content (AvgIpc) is 3.18. The molecule has 1 amide bonds. The Morgan fingerprint density at radius 2 is 2.11 bits per heavy atom. The van der Waals surface area contributed by atoms with Crippen LogP contribution < -0.4 is 16.6 Å². The number of nitrogen functional groups attached to an aromatic ring is 1. The fourth-order valence-corrected chi connectivity index (χ4v) is 4.14. The molecule has 140 valence electrons. The fraction of sp³-hybridized carbons (Fsp3) is 0.278. The lowest BCUT2D eigenvalue weighted by Gasteiger charge is -2.17. The normalized spacial score (nSPS) is 18.6. The number of nitrogens with one attached hydrogen (secondary N) is 2. The van der Waals surface area contributed by atoms with Crippen LogP contribution in [0.1, 0.15) is 28.9 Å². The van der Waals surface area contributed by atoms with Crippen LogP contribution >= 0.6 is 12.6 Å². The number of fused-ring (bicyclic) bond motifs is 3. The molecule has 9 heteroatoms. The minimum Gasteiger partial charge on any atom is -0.383 e. The number of rotatable bonds is 4. The smallest absolute Gasteiger partial charge is 0.278 e. The van der Waals surface area contributed by atoms with Gasteiger partial charge in [-0.15, -0.1) is 0 Å². The molecule has 2 unspecified atom stereocenters. The van der Waals surface area contributed by atoms with Gasteiger partial charge in [-0.1, -0.05) is 23.5 Å². The standard InChI is InChI=1S/C18H19FN6OS/c1-9-12(23-8-27)6-25-15(9)13(14-16(20)21-7-22-17(14)25)10-2-4-11(5-3-10)18(26)24-19/h2-5,7,9,12,23,27H,6,8H2,1H3,(H,24,26)(H2,20,21,22). The van der Waals surface area contributed by atoms with Crippen LogP contribution in [0.4, 0.5) is 10.3 Å². The van der Waals surface area contributed by atoms with Gasteiger partial charge in [-0.3, -0.25) is 4.79 Å². The highest BCUT2D eigenvalue weighted by molar-refractivity contribution is 7.80. The first-order chi connectivity index (χ1) is 13.1. The number of hydrogen-bond acceptors (Lipinski definition) is 6. The molecule has 2 aromatic heterocycles. The van der Waals surface area contributed by atoms with Crippen molar-refractivity contribution in [3.8, 4) is 11.1 Å². The number of nitrogens with zero attached hydrogens (tertiary/aromatic N) is 3. The monoisotopic (exact) mass is 386 g/mol. The predicted molar refractivity (Wildman–Crippen MR) is 105 cm³/mol. The second kappa shape index (κ2) is 6.82. The molecule has 3 aromatic rings. The highest BCUT2D eigenvalue weighted by atomic mass is 32.1. The number of carbonyl (C=O) groups is 1. The Hall–Kier alpha value is -2.65. The number of thiol groups is 1. The van der Waals surface area contributed by atoms with Crippen LogP contribution in [0.2, 0.25) is 0 Å². The topological polar surface area (TPSA) is 97.9 Å². The van der Waals surface area contributed by atoms with E-state index in [0.29, 0.717) is 11.7 Å². The molecule has 0 saturated heterocycles. The van der Waals surface area contributed by atoms with Crippen molar-refractivity contribution in [1.29, 1.82) is 0 Å². The molecule has 0 saturated carbocycles. The van der Waals surface area contributed by atoms with E-state index >= 15 is 0 Å². The average molecular weight is 386 g/mol. The Bertz CT molecular complexity index is 1020. The van der Waals surface area contributed by atoms with Crippen LogP contribution in [0.5, 0.6) is 0 Å². The van der Waals surface area contributed by atoms with E-state index in [1.807, 2.05) is 0 Å². The zero-order valence-corrected chi connectivity index (χ0v) is 15.5. The number of nitrogens with two attached hydrogens (primary N) is 1. The Labute approximate surface area is 160 Å². The van der Waals surface area contributed by atoms with Gasteiger partial charge in [0.25, 0.3) is 5.91 Å². The van der Waals surface area contributed by atoms with Gasteiger partial charge in [0.2, 0.25) is 0 Å². The number of aromatic nitrogens is 3. The van der Waals surface area contributed by atoms with Crippen molar-refractivity contribution in [2.45, 2.75) is 25.4 Å². The van der Waals surface area contributed by atoms with E-state index in [2.05, 4.69) is 39.4 Å². The van der Waals surface area contributed by atoms with Crippen molar-refractivity contribution < 1.29 is 9.28 Å². The van der Waals surface area contributed by atoms with E-state index in [1.165, 1.54) is 6.33 Å². The molecule has 2 atom stereocenters. The predicted octanol–water partition coefficient (Wildman–Crippen LogP) is 2.26. The third kappa shape index (κ3) is 2.74. The first-order valence-corrected chi connectivity index (χ1v) is 9.18. The van der Waals surface area contributed by atoms with E-state index in [4.69, 9.17) is 5.73 Å². The summed E-state index contributed by atoms with van der Waals surface area (Å²) in [5.74, 6) is 0.419. The molecule has 4 rings (SSSR count). The third-order valence-corrected chi connectivity index (χ3v) is 5.38. The highest BCUT2D eigenvalue weighted by Crippen LogP contribution is 2.44. The summed E-state index contributed by atoms with van der Waals surface area (Å²) in [4.78, 5) is 20.1. The Morgan fingerprint density at radius 1 is 1.37 bits per heavy atom. The van der Waals surface area contributed by atoms with Gasteiger partial charge < -0.3 is 15.6 Å². The highest BCUT2D eigenvalue weighted by Gasteiger charge is 2.35. The third-order valence-electron chi connectivity index (χ3n) is 5.20. The molecule has 1 aliphatic rings. The Morgan fingerprint density at radius 3 is 2.78 bits per heavy atom. The van der Waals surface area contributed by atoms with Gasteiger partial charge in [0.05, 0.1) is 5.39 Å². The van der Waals surface area contributed by atoms with Crippen LogP contribution in [0.25, 0.3) is 22.2 Å². The summed E-state index contributed by atoms with van der Waals surface area (Å²) in [6.07, 6.45) is 1.47. The Balaban J connectivity index is 1.92. The number of hydrogen-bond donors (Lipinski definition) is 4. The van der Waals surface area contributed by atoms with Gasteiger partial charge in [-0.2, -0.15) is 18.2 Å². The molecule has 4 N–H and O–H groups in total. The lowest BCUT2D eigenvalue weighted by Crippen LogP contribution is -2.31. The van der Waals surface area contributed by atoms with E-state index in [9.17, 15) is 9.28 Å². The van der Waals surface area contributed by atoms with Crippen molar-refractivity contribution in [3.63, 3.8) is 0 Å². The molecule has 0 aliphatic carbocycles. The second-order valence-corrected chi connectivity index (χ2v) is 6.90. The molecule has 3 heterocycles. The minimum absolute atomic E-state index is 0.203. The van der Waals surface area contributed by atoms with Crippen LogP contribution in [0.15, 0.2) is 30.6 Å². The molecule has 0 radical (unpaired) electrons. The maximum absolute atomic E-state index is 12.4. The summed E-state index contributed by atoms with van der Waals surface area (Å²) in [5.41, 5.74) is 11.3. The number of amides is 1. The van der Waals surface area contributed by atoms with Crippen LogP contribution in [-0.4, -0.2) is 32.4 Å². The molecule has 0 fully saturated rings. The van der Waals surface area contributed by atoms with E-state index < -0.39 is 5.91 Å². The summed E-state index contributed by atoms with van der Waals surface area (Å²) in [7, 11) is 0. The number of anilines is 1. The van der Waals surface area contributed by atoms with Gasteiger partial charge in [-0.05, 0) is 17.7 Å². The largest absolute Gasteiger partial charge is 0.383 e. The molecule has 7 nitrogen and oxygen atoms in total. The number of halogens is 1. The van der Waals surface area contributed by atoms with Crippen LogP contribution in [0, 0.1) is 0 Å². The summed E-state index contributed by atoms with van der Waals surface area (Å²) in [6.45, 7) is 2.91. The first kappa shape index (κ1) is 17.7. The van der Waals surface area contributed by atoms with E-state index in [1.54, 1.807) is 24.3 Å². The maximum Gasteiger partial charge on any atom is 0.278 e. The van der Waals surface area contributed by atoms with Crippen molar-refractivity contribution >= 4 is 35.4 Å². The molecular weight excluding hydrogens is 367 g/mol. The summed E-state index contributed by atoms with van der Waals surface area (Å²) >= 11 is 4.29. The summed E-state index contributed by atoms with van der Waals surface area (Å²) in [6, 6.07) is 6.98. The summed E-state index contributed by atoms with van der Waals surface area (Å²) < 4.78 is 14.6. The SMILES string of the molecule is CC1c2c(-c3ccc(C(=O)NF)cc3)c3c(N)ncnc3n2CC1NCS. The maximum atomic E-state index is 12.4. The molecule has 0 spiro atoms. The number of carbonyl (C=O) groups excluding carboxylic acids is 1. The van der Waals surface area contributed by atoms with Crippen LogP contribution in [-0.2, 0) is 6.54 Å². The molecular formula is C18H19FN6OS. The number of benzene rings is 1. The van der Waals surface area contributed by atoms with Gasteiger partial charge in [-0.25, -0.2) is 9.97 Å². The fourth-order valence-electron chi connectivity index (χ4n) is 3.91.